The predicted octanol–water partition coefficient (Wildman–Crippen LogP) is 1.73. The third-order valence-electron chi connectivity index (χ3n) is 3.99. The van der Waals surface area contributed by atoms with E-state index in [9.17, 15) is 9.90 Å². The molecular weight excluding hydrogens is 236 g/mol. The number of carbonyl (C=O) groups is 1. The van der Waals surface area contributed by atoms with Crippen molar-refractivity contribution in [1.82, 2.24) is 0 Å². The van der Waals surface area contributed by atoms with E-state index in [1.807, 2.05) is 0 Å². The fraction of sp³-hybridized carbons (Fsp3) is 0.917. The number of hydrogen-bond donors (Lipinski definition) is 1. The Bertz CT molecular complexity index is 285. The van der Waals surface area contributed by atoms with Gasteiger partial charge in [-0.15, -0.1) is 0 Å². The molecule has 1 aliphatic rings. The summed E-state index contributed by atoms with van der Waals surface area (Å²) in [4.78, 5) is 11.2. The minimum absolute atomic E-state index is 0.0830. The number of ether oxygens (including phenoxy) is 1. The van der Waals surface area contributed by atoms with Crippen LogP contribution in [0.15, 0.2) is 0 Å². The molecule has 0 saturated carbocycles. The lowest BCUT2D eigenvalue weighted by molar-refractivity contribution is -0.139. The van der Waals surface area contributed by atoms with E-state index in [1.54, 1.807) is 0 Å². The van der Waals surface area contributed by atoms with Crippen molar-refractivity contribution < 1.29 is 19.1 Å². The maximum Gasteiger partial charge on any atom is 0.192 e. The zero-order valence-corrected chi connectivity index (χ0v) is 12.4. The van der Waals surface area contributed by atoms with E-state index >= 15 is 0 Å². The summed E-state index contributed by atoms with van der Waals surface area (Å²) in [5, 5.41) is 9.45. The predicted molar refractivity (Wildman–Crippen MR) is 68.5 cm³/mol. The van der Waals surface area contributed by atoms with Gasteiger partial charge < -0.3 is 14.3 Å². The molecule has 1 aliphatic heterocycles. The van der Waals surface area contributed by atoms with E-state index in [2.05, 4.69) is 33.9 Å². The molecule has 1 rings (SSSR count). The van der Waals surface area contributed by atoms with Crippen molar-refractivity contribution in [2.24, 2.45) is 0 Å². The molecule has 1 saturated heterocycles. The van der Waals surface area contributed by atoms with Crippen LogP contribution in [0.5, 0.6) is 0 Å². The van der Waals surface area contributed by atoms with Gasteiger partial charge in [-0.05, 0) is 24.6 Å². The van der Waals surface area contributed by atoms with Gasteiger partial charge in [0.05, 0.1) is 19.3 Å². The Kier molecular flexibility index (Phi) is 4.19. The van der Waals surface area contributed by atoms with Gasteiger partial charge in [-0.2, -0.15) is 0 Å². The van der Waals surface area contributed by atoms with Gasteiger partial charge in [0, 0.05) is 0 Å². The standard InChI is InChI=1S/C12H24O4Si/c1-11(2,3)17(4,5)16-10-6-7-15-12(10,8-13)9-14/h8,10,14H,6-7,9H2,1-5H3. The third kappa shape index (κ3) is 2.78. The maximum atomic E-state index is 11.2. The van der Waals surface area contributed by atoms with Gasteiger partial charge in [0.1, 0.15) is 0 Å². The first-order chi connectivity index (χ1) is 7.68. The number of carbonyl (C=O) groups excluding carboxylic acids is 1. The van der Waals surface area contributed by atoms with Gasteiger partial charge in [-0.25, -0.2) is 0 Å². The Morgan fingerprint density at radius 2 is 2.12 bits per heavy atom. The van der Waals surface area contributed by atoms with E-state index in [0.29, 0.717) is 19.3 Å². The smallest absolute Gasteiger partial charge is 0.192 e. The molecular formula is C12H24O4Si. The summed E-state index contributed by atoms with van der Waals surface area (Å²) in [6.07, 6.45) is 1.05. The molecule has 1 heterocycles. The topological polar surface area (TPSA) is 55.8 Å². The Balaban J connectivity index is 2.84. The largest absolute Gasteiger partial charge is 0.410 e. The average molecular weight is 260 g/mol. The Morgan fingerprint density at radius 3 is 2.53 bits per heavy atom. The first kappa shape index (κ1) is 14.8. The molecule has 4 nitrogen and oxygen atoms in total. The molecule has 0 spiro atoms. The summed E-state index contributed by atoms with van der Waals surface area (Å²) in [5.74, 6) is 0. The van der Waals surface area contributed by atoms with Crippen LogP contribution in [-0.4, -0.2) is 44.6 Å². The molecule has 0 bridgehead atoms. The van der Waals surface area contributed by atoms with E-state index in [0.717, 1.165) is 0 Å². The lowest BCUT2D eigenvalue weighted by atomic mass is 10.0. The molecule has 0 aliphatic carbocycles. The Labute approximate surface area is 104 Å². The van der Waals surface area contributed by atoms with Gasteiger partial charge in [0.2, 0.25) is 0 Å². The SMILES string of the molecule is CC(C)(C)[Si](C)(C)OC1CCOC1(C=O)CO. The van der Waals surface area contributed by atoms with Crippen molar-refractivity contribution >= 4 is 14.6 Å². The first-order valence-electron chi connectivity index (χ1n) is 6.07. The van der Waals surface area contributed by atoms with Crippen LogP contribution in [0.1, 0.15) is 27.2 Å². The summed E-state index contributed by atoms with van der Waals surface area (Å²) in [6, 6.07) is 0. The number of hydrogen-bond acceptors (Lipinski definition) is 4. The van der Waals surface area contributed by atoms with E-state index in [-0.39, 0.29) is 17.7 Å². The summed E-state index contributed by atoms with van der Waals surface area (Å²) < 4.78 is 11.6. The zero-order chi connectivity index (χ0) is 13.3. The molecule has 0 amide bonds. The molecule has 5 heteroatoms. The molecule has 17 heavy (non-hydrogen) atoms. The number of aldehydes is 1. The lowest BCUT2D eigenvalue weighted by Crippen LogP contribution is -2.53. The normalized spacial score (nSPS) is 30.6. The first-order valence-corrected chi connectivity index (χ1v) is 8.98. The van der Waals surface area contributed by atoms with Gasteiger partial charge in [-0.1, -0.05) is 20.8 Å². The van der Waals surface area contributed by atoms with Crippen molar-refractivity contribution in [3.8, 4) is 0 Å². The Morgan fingerprint density at radius 1 is 1.53 bits per heavy atom. The summed E-state index contributed by atoms with van der Waals surface area (Å²) in [5.41, 5.74) is -1.14. The van der Waals surface area contributed by atoms with Crippen LogP contribution in [0, 0.1) is 0 Å². The molecule has 0 aromatic carbocycles. The zero-order valence-electron chi connectivity index (χ0n) is 11.4. The molecule has 1 fully saturated rings. The summed E-state index contributed by atoms with van der Waals surface area (Å²) in [7, 11) is -1.94. The molecule has 0 radical (unpaired) electrons. The third-order valence-corrected chi connectivity index (χ3v) is 8.47. The van der Waals surface area contributed by atoms with Gasteiger partial charge in [-0.3, -0.25) is 4.79 Å². The highest BCUT2D eigenvalue weighted by atomic mass is 28.4. The number of aliphatic hydroxyl groups excluding tert-OH is 1. The second kappa shape index (κ2) is 4.80. The molecule has 0 aromatic heterocycles. The van der Waals surface area contributed by atoms with Crippen LogP contribution in [-0.2, 0) is 14.0 Å². The van der Waals surface area contributed by atoms with Gasteiger partial charge in [0.15, 0.2) is 20.2 Å². The van der Waals surface area contributed by atoms with Crippen LogP contribution in [0.4, 0.5) is 0 Å². The van der Waals surface area contributed by atoms with Crippen LogP contribution < -0.4 is 0 Å². The van der Waals surface area contributed by atoms with Crippen molar-refractivity contribution in [3.05, 3.63) is 0 Å². The highest BCUT2D eigenvalue weighted by Gasteiger charge is 2.49. The second-order valence-corrected chi connectivity index (χ2v) is 11.0. The van der Waals surface area contributed by atoms with Gasteiger partial charge in [0.25, 0.3) is 0 Å². The summed E-state index contributed by atoms with van der Waals surface area (Å²) in [6.45, 7) is 10.9. The van der Waals surface area contributed by atoms with Crippen LogP contribution in [0.3, 0.4) is 0 Å². The van der Waals surface area contributed by atoms with Crippen molar-refractivity contribution in [2.75, 3.05) is 13.2 Å². The quantitative estimate of drug-likeness (QED) is 0.618. The fourth-order valence-corrected chi connectivity index (χ4v) is 3.06. The molecule has 2 atom stereocenters. The minimum atomic E-state index is -1.94. The number of aliphatic hydroxyl groups is 1. The Hall–Kier alpha value is -0.233. The maximum absolute atomic E-state index is 11.2. The molecule has 1 N–H and O–H groups in total. The van der Waals surface area contributed by atoms with Crippen molar-refractivity contribution in [2.45, 2.75) is 57.0 Å². The van der Waals surface area contributed by atoms with Crippen molar-refractivity contribution in [3.63, 3.8) is 0 Å². The number of rotatable bonds is 4. The fourth-order valence-electron chi connectivity index (χ4n) is 1.68. The van der Waals surface area contributed by atoms with E-state index in [4.69, 9.17) is 9.16 Å². The van der Waals surface area contributed by atoms with Gasteiger partial charge >= 0.3 is 0 Å². The summed E-state index contributed by atoms with van der Waals surface area (Å²) >= 11 is 0. The van der Waals surface area contributed by atoms with Crippen LogP contribution in [0.2, 0.25) is 18.1 Å². The van der Waals surface area contributed by atoms with Crippen LogP contribution in [0.25, 0.3) is 0 Å². The average Bonchev–Trinajstić information content (AvgIpc) is 2.59. The monoisotopic (exact) mass is 260 g/mol. The highest BCUT2D eigenvalue weighted by molar-refractivity contribution is 6.74. The molecule has 2 unspecified atom stereocenters. The molecule has 100 valence electrons. The minimum Gasteiger partial charge on any atom is -0.410 e. The molecule has 0 aromatic rings. The van der Waals surface area contributed by atoms with E-state index in [1.165, 1.54) is 0 Å². The highest BCUT2D eigenvalue weighted by Crippen LogP contribution is 2.40. The van der Waals surface area contributed by atoms with Crippen molar-refractivity contribution in [1.29, 1.82) is 0 Å². The van der Waals surface area contributed by atoms with E-state index < -0.39 is 13.9 Å². The lowest BCUT2D eigenvalue weighted by Gasteiger charge is -2.41. The van der Waals surface area contributed by atoms with Crippen LogP contribution >= 0.6 is 0 Å². The second-order valence-electron chi connectivity index (χ2n) is 6.23.